The highest BCUT2D eigenvalue weighted by atomic mass is 127. The summed E-state index contributed by atoms with van der Waals surface area (Å²) in [7, 11) is 0. The summed E-state index contributed by atoms with van der Waals surface area (Å²) in [5, 5.41) is 5.45. The number of carbonyl (C=O) groups is 3. The molecule has 1 heterocycles. The fraction of sp³-hybridized carbons (Fsp3) is 0.250. The summed E-state index contributed by atoms with van der Waals surface area (Å²) in [6.45, 7) is 1.39. The second-order valence-corrected chi connectivity index (χ2v) is 7.94. The molecule has 1 saturated heterocycles. The number of rotatable bonds is 6. The van der Waals surface area contributed by atoms with Crippen LogP contribution in [0.4, 0.5) is 10.5 Å². The van der Waals surface area contributed by atoms with Crippen LogP contribution in [0.3, 0.4) is 0 Å². The topological polar surface area (TPSA) is 78.5 Å². The van der Waals surface area contributed by atoms with E-state index in [1.165, 1.54) is 0 Å². The Hall–Kier alpha value is -2.42. The first-order chi connectivity index (χ1) is 12.9. The zero-order chi connectivity index (χ0) is 19.4. The van der Waals surface area contributed by atoms with E-state index in [0.717, 1.165) is 14.0 Å². The van der Waals surface area contributed by atoms with Gasteiger partial charge in [-0.15, -0.1) is 0 Å². The van der Waals surface area contributed by atoms with Gasteiger partial charge in [0, 0.05) is 9.26 Å². The van der Waals surface area contributed by atoms with Gasteiger partial charge < -0.3 is 10.6 Å². The van der Waals surface area contributed by atoms with Gasteiger partial charge in [0.05, 0.1) is 0 Å². The number of hydrogen-bond acceptors (Lipinski definition) is 3. The van der Waals surface area contributed by atoms with Crippen LogP contribution >= 0.6 is 22.6 Å². The Balaban J connectivity index is 1.62. The fourth-order valence-corrected chi connectivity index (χ4v) is 3.55. The van der Waals surface area contributed by atoms with Gasteiger partial charge in [0.15, 0.2) is 0 Å². The minimum Gasteiger partial charge on any atom is -0.324 e. The summed E-state index contributed by atoms with van der Waals surface area (Å²) in [6.07, 6.45) is 1.13. The van der Waals surface area contributed by atoms with Crippen LogP contribution in [-0.4, -0.2) is 34.8 Å². The van der Waals surface area contributed by atoms with Crippen molar-refractivity contribution in [2.45, 2.75) is 25.3 Å². The first kappa shape index (κ1) is 19.3. The van der Waals surface area contributed by atoms with Gasteiger partial charge in [-0.3, -0.25) is 14.5 Å². The summed E-state index contributed by atoms with van der Waals surface area (Å²) in [6, 6.07) is 16.5. The Kier molecular flexibility index (Phi) is 5.79. The van der Waals surface area contributed by atoms with Crippen LogP contribution in [0.5, 0.6) is 0 Å². The molecule has 0 spiro atoms. The quantitative estimate of drug-likeness (QED) is 0.496. The molecule has 27 heavy (non-hydrogen) atoms. The molecular formula is C20H20IN3O3. The number of imide groups is 1. The minimum absolute atomic E-state index is 0.308. The zero-order valence-electron chi connectivity index (χ0n) is 14.9. The molecule has 1 atom stereocenters. The van der Waals surface area contributed by atoms with Crippen LogP contribution < -0.4 is 10.6 Å². The van der Waals surface area contributed by atoms with E-state index in [2.05, 4.69) is 33.2 Å². The SMILES string of the molecule is CC1(CCc2ccccc2)NC(=O)N(CC(=O)Nc2cccc(I)c2)C1=O. The largest absolute Gasteiger partial charge is 0.325 e. The molecule has 1 aliphatic rings. The Bertz CT molecular complexity index is 872. The number of aryl methyl sites for hydroxylation is 1. The Morgan fingerprint density at radius 3 is 2.59 bits per heavy atom. The predicted octanol–water partition coefficient (Wildman–Crippen LogP) is 3.17. The van der Waals surface area contributed by atoms with Crippen LogP contribution in [0.25, 0.3) is 0 Å². The normalized spacial score (nSPS) is 19.1. The van der Waals surface area contributed by atoms with Gasteiger partial charge in [-0.25, -0.2) is 4.79 Å². The molecule has 1 aliphatic heterocycles. The lowest BCUT2D eigenvalue weighted by atomic mass is 9.93. The molecule has 6 nitrogen and oxygen atoms in total. The summed E-state index contributed by atoms with van der Waals surface area (Å²) in [4.78, 5) is 38.3. The third-order valence-corrected chi connectivity index (χ3v) is 5.18. The molecule has 140 valence electrons. The molecular weight excluding hydrogens is 457 g/mol. The first-order valence-electron chi connectivity index (χ1n) is 8.61. The Morgan fingerprint density at radius 2 is 1.89 bits per heavy atom. The molecule has 0 saturated carbocycles. The van der Waals surface area contributed by atoms with Gasteiger partial charge in [0.2, 0.25) is 5.91 Å². The van der Waals surface area contributed by atoms with Crippen LogP contribution in [-0.2, 0) is 16.0 Å². The Labute approximate surface area is 171 Å². The van der Waals surface area contributed by atoms with Crippen molar-refractivity contribution >= 4 is 46.1 Å². The van der Waals surface area contributed by atoms with E-state index in [9.17, 15) is 14.4 Å². The van der Waals surface area contributed by atoms with Crippen LogP contribution in [0.2, 0.25) is 0 Å². The van der Waals surface area contributed by atoms with Gasteiger partial charge >= 0.3 is 6.03 Å². The lowest BCUT2D eigenvalue weighted by Gasteiger charge is -2.21. The number of urea groups is 1. The van der Waals surface area contributed by atoms with E-state index < -0.39 is 17.5 Å². The number of hydrogen-bond donors (Lipinski definition) is 2. The lowest BCUT2D eigenvalue weighted by molar-refractivity contribution is -0.133. The van der Waals surface area contributed by atoms with Crippen molar-refractivity contribution < 1.29 is 14.4 Å². The van der Waals surface area contributed by atoms with Crippen molar-refractivity contribution in [1.29, 1.82) is 0 Å². The number of nitrogens with zero attached hydrogens (tertiary/aromatic N) is 1. The maximum atomic E-state index is 12.8. The van der Waals surface area contributed by atoms with Crippen LogP contribution in [0.1, 0.15) is 18.9 Å². The highest BCUT2D eigenvalue weighted by molar-refractivity contribution is 14.1. The maximum Gasteiger partial charge on any atom is 0.325 e. The van der Waals surface area contributed by atoms with Crippen molar-refractivity contribution in [1.82, 2.24) is 10.2 Å². The second-order valence-electron chi connectivity index (χ2n) is 6.70. The number of amides is 4. The van der Waals surface area contributed by atoms with E-state index in [1.807, 2.05) is 48.5 Å². The molecule has 4 amide bonds. The molecule has 3 rings (SSSR count). The van der Waals surface area contributed by atoms with Crippen molar-refractivity contribution in [3.8, 4) is 0 Å². The second kappa shape index (κ2) is 8.08. The van der Waals surface area contributed by atoms with E-state index in [4.69, 9.17) is 0 Å². The molecule has 1 fully saturated rings. The third kappa shape index (κ3) is 4.65. The molecule has 7 heteroatoms. The molecule has 2 aromatic rings. The molecule has 0 aromatic heterocycles. The van der Waals surface area contributed by atoms with Gasteiger partial charge in [0.1, 0.15) is 12.1 Å². The van der Waals surface area contributed by atoms with Crippen molar-refractivity contribution in [2.75, 3.05) is 11.9 Å². The van der Waals surface area contributed by atoms with E-state index in [1.54, 1.807) is 13.0 Å². The molecule has 0 radical (unpaired) electrons. The Morgan fingerprint density at radius 1 is 1.15 bits per heavy atom. The van der Waals surface area contributed by atoms with Gasteiger partial charge in [-0.05, 0) is 66.1 Å². The number of anilines is 1. The minimum atomic E-state index is -1.00. The third-order valence-electron chi connectivity index (χ3n) is 4.51. The molecule has 1 unspecified atom stereocenters. The standard InChI is InChI=1S/C20H20IN3O3/c1-20(11-10-14-6-3-2-4-7-14)18(26)24(19(27)23-20)13-17(25)22-16-9-5-8-15(21)12-16/h2-9,12H,10-11,13H2,1H3,(H,22,25)(H,23,27). The van der Waals surface area contributed by atoms with Crippen molar-refractivity contribution in [3.05, 3.63) is 63.7 Å². The summed E-state index contributed by atoms with van der Waals surface area (Å²) in [5.74, 6) is -0.783. The number of halogens is 1. The van der Waals surface area contributed by atoms with Gasteiger partial charge in [0.25, 0.3) is 5.91 Å². The molecule has 2 aromatic carbocycles. The number of nitrogens with one attached hydrogen (secondary N) is 2. The van der Waals surface area contributed by atoms with Crippen molar-refractivity contribution in [3.63, 3.8) is 0 Å². The first-order valence-corrected chi connectivity index (χ1v) is 9.69. The number of carbonyl (C=O) groups excluding carboxylic acids is 3. The van der Waals surface area contributed by atoms with Crippen molar-refractivity contribution in [2.24, 2.45) is 0 Å². The molecule has 2 N–H and O–H groups in total. The van der Waals surface area contributed by atoms with E-state index in [0.29, 0.717) is 18.5 Å². The maximum absolute atomic E-state index is 12.8. The van der Waals surface area contributed by atoms with Crippen LogP contribution in [0.15, 0.2) is 54.6 Å². The fourth-order valence-electron chi connectivity index (χ4n) is 3.01. The van der Waals surface area contributed by atoms with E-state index >= 15 is 0 Å². The summed E-state index contributed by atoms with van der Waals surface area (Å²) >= 11 is 2.15. The highest BCUT2D eigenvalue weighted by Gasteiger charge is 2.47. The smallest absolute Gasteiger partial charge is 0.324 e. The van der Waals surface area contributed by atoms with Gasteiger partial charge in [-0.1, -0.05) is 36.4 Å². The summed E-state index contributed by atoms with van der Waals surface area (Å²) in [5.41, 5.74) is 0.719. The molecule has 0 bridgehead atoms. The highest BCUT2D eigenvalue weighted by Crippen LogP contribution is 2.23. The number of benzene rings is 2. The monoisotopic (exact) mass is 477 g/mol. The molecule has 0 aliphatic carbocycles. The predicted molar refractivity (Wildman–Crippen MR) is 111 cm³/mol. The average Bonchev–Trinajstić information content (AvgIpc) is 2.84. The van der Waals surface area contributed by atoms with Crippen LogP contribution in [0, 0.1) is 3.57 Å². The zero-order valence-corrected chi connectivity index (χ0v) is 17.0. The lowest BCUT2D eigenvalue weighted by Crippen LogP contribution is -2.45. The van der Waals surface area contributed by atoms with Gasteiger partial charge in [-0.2, -0.15) is 0 Å². The average molecular weight is 477 g/mol. The van der Waals surface area contributed by atoms with E-state index in [-0.39, 0.29) is 12.5 Å². The summed E-state index contributed by atoms with van der Waals surface area (Å²) < 4.78 is 0.980.